The summed E-state index contributed by atoms with van der Waals surface area (Å²) in [5, 5.41) is 18.2. The monoisotopic (exact) mass is 170 g/mol. The van der Waals surface area contributed by atoms with Crippen LogP contribution in [0.5, 0.6) is 0 Å². The number of carboxylic acids is 1. The molecule has 0 aliphatic carbocycles. The van der Waals surface area contributed by atoms with E-state index < -0.39 is 5.97 Å². The van der Waals surface area contributed by atoms with E-state index in [1.165, 1.54) is 6.20 Å². The molecule has 0 bridgehead atoms. The van der Waals surface area contributed by atoms with Crippen molar-refractivity contribution in [2.75, 3.05) is 0 Å². The molecular weight excluding hydrogens is 156 g/mol. The van der Waals surface area contributed by atoms with E-state index in [1.54, 1.807) is 0 Å². The molecule has 3 N–H and O–H groups in total. The molecule has 0 radical (unpaired) electrons. The van der Waals surface area contributed by atoms with E-state index in [0.29, 0.717) is 0 Å². The molecule has 0 aromatic carbocycles. The van der Waals surface area contributed by atoms with Gasteiger partial charge in [0.25, 0.3) is 0 Å². The molecule has 0 unspecified atom stereocenters. The third-order valence-electron chi connectivity index (χ3n) is 1.06. The second-order valence-corrected chi connectivity index (χ2v) is 3.44. The van der Waals surface area contributed by atoms with Crippen LogP contribution in [0.2, 0.25) is 0 Å². The molecule has 12 heavy (non-hydrogen) atoms. The van der Waals surface area contributed by atoms with Gasteiger partial charge in [-0.15, -0.1) is 0 Å². The van der Waals surface area contributed by atoms with Crippen LogP contribution in [0.15, 0.2) is 11.8 Å². The predicted octanol–water partition coefficient (Wildman–Crippen LogP) is 0.993. The predicted molar refractivity (Wildman–Crippen MR) is 47.4 cm³/mol. The molecule has 0 atom stereocenters. The van der Waals surface area contributed by atoms with E-state index in [9.17, 15) is 4.79 Å². The Bertz CT molecular complexity index is 214. The molecule has 0 fully saturated rings. The van der Waals surface area contributed by atoms with Crippen molar-refractivity contribution in [3.8, 4) is 0 Å². The summed E-state index contributed by atoms with van der Waals surface area (Å²) in [5.41, 5.74) is -0.228. The lowest BCUT2D eigenvalue weighted by Gasteiger charge is -2.18. The first kappa shape index (κ1) is 10.7. The van der Waals surface area contributed by atoms with Crippen LogP contribution in [0.1, 0.15) is 20.8 Å². The first-order chi connectivity index (χ1) is 5.37. The molecule has 0 rings (SSSR count). The average Bonchev–Trinajstić information content (AvgIpc) is 1.85. The zero-order chi connectivity index (χ0) is 9.78. The van der Waals surface area contributed by atoms with E-state index in [0.717, 1.165) is 6.21 Å². The molecule has 68 valence electrons. The Morgan fingerprint density at radius 2 is 2.00 bits per heavy atom. The van der Waals surface area contributed by atoms with E-state index in [2.05, 4.69) is 5.32 Å². The van der Waals surface area contributed by atoms with Gasteiger partial charge in [0, 0.05) is 18.0 Å². The van der Waals surface area contributed by atoms with Gasteiger partial charge in [-0.25, -0.2) is 4.79 Å². The fourth-order valence-corrected chi connectivity index (χ4v) is 0.459. The molecular formula is C8H14N2O2. The van der Waals surface area contributed by atoms with Crippen molar-refractivity contribution in [2.45, 2.75) is 26.3 Å². The lowest BCUT2D eigenvalue weighted by Crippen LogP contribution is -2.32. The number of rotatable bonds is 3. The van der Waals surface area contributed by atoms with Crippen LogP contribution in [0.4, 0.5) is 0 Å². The number of carbonyl (C=O) groups is 1. The summed E-state index contributed by atoms with van der Waals surface area (Å²) in [6.45, 7) is 5.73. The molecule has 0 aromatic rings. The van der Waals surface area contributed by atoms with Gasteiger partial charge < -0.3 is 15.8 Å². The Morgan fingerprint density at radius 3 is 2.25 bits per heavy atom. The Labute approximate surface area is 71.8 Å². The molecule has 0 aromatic heterocycles. The average molecular weight is 170 g/mol. The van der Waals surface area contributed by atoms with E-state index in [1.807, 2.05) is 20.8 Å². The van der Waals surface area contributed by atoms with Crippen molar-refractivity contribution >= 4 is 12.2 Å². The first-order valence-corrected chi connectivity index (χ1v) is 3.58. The van der Waals surface area contributed by atoms with Crippen LogP contribution >= 0.6 is 0 Å². The van der Waals surface area contributed by atoms with Crippen LogP contribution in [-0.4, -0.2) is 22.8 Å². The second kappa shape index (κ2) is 3.90. The molecule has 4 nitrogen and oxygen atoms in total. The fraction of sp³-hybridized carbons (Fsp3) is 0.500. The van der Waals surface area contributed by atoms with Crippen molar-refractivity contribution in [3.05, 3.63) is 11.8 Å². The van der Waals surface area contributed by atoms with Crippen LogP contribution in [0.3, 0.4) is 0 Å². The summed E-state index contributed by atoms with van der Waals surface area (Å²) in [6, 6.07) is 0. The summed E-state index contributed by atoms with van der Waals surface area (Å²) < 4.78 is 0. The standard InChI is InChI=1S/C8H14N2O2/c1-8(2,3)10-5-6(4-9)7(11)12/h4-5,9-10H,1-3H3,(H,11,12)/b6-5+,9-4?. The molecule has 0 aliphatic rings. The number of hydrogen-bond acceptors (Lipinski definition) is 3. The highest BCUT2D eigenvalue weighted by Gasteiger charge is 2.08. The number of carboxylic acid groups (broad SMARTS) is 1. The lowest BCUT2D eigenvalue weighted by molar-refractivity contribution is -0.132. The summed E-state index contributed by atoms with van der Waals surface area (Å²) in [5.74, 6) is -1.10. The third-order valence-corrected chi connectivity index (χ3v) is 1.06. The van der Waals surface area contributed by atoms with Crippen LogP contribution in [0.25, 0.3) is 0 Å². The Hall–Kier alpha value is -1.32. The van der Waals surface area contributed by atoms with E-state index in [4.69, 9.17) is 10.5 Å². The Balaban J connectivity index is 4.32. The highest BCUT2D eigenvalue weighted by atomic mass is 16.4. The minimum Gasteiger partial charge on any atom is -0.478 e. The maximum absolute atomic E-state index is 10.4. The van der Waals surface area contributed by atoms with Gasteiger partial charge in [-0.2, -0.15) is 0 Å². The summed E-state index contributed by atoms with van der Waals surface area (Å²) >= 11 is 0. The van der Waals surface area contributed by atoms with Crippen LogP contribution in [0, 0.1) is 5.41 Å². The van der Waals surface area contributed by atoms with Crippen molar-refractivity contribution in [3.63, 3.8) is 0 Å². The SMILES string of the molecule is CC(C)(C)N/C=C(\C=N)C(=O)O. The summed E-state index contributed by atoms with van der Waals surface area (Å²) in [6.07, 6.45) is 2.14. The molecule has 0 heterocycles. The van der Waals surface area contributed by atoms with Gasteiger partial charge in [0.15, 0.2) is 0 Å². The van der Waals surface area contributed by atoms with Crippen LogP contribution in [-0.2, 0) is 4.79 Å². The van der Waals surface area contributed by atoms with E-state index >= 15 is 0 Å². The van der Waals surface area contributed by atoms with Gasteiger partial charge >= 0.3 is 5.97 Å². The van der Waals surface area contributed by atoms with Crippen molar-refractivity contribution in [1.29, 1.82) is 5.41 Å². The first-order valence-electron chi connectivity index (χ1n) is 3.58. The van der Waals surface area contributed by atoms with Gasteiger partial charge in [-0.1, -0.05) is 0 Å². The van der Waals surface area contributed by atoms with Gasteiger partial charge in [-0.3, -0.25) is 0 Å². The minimum absolute atomic E-state index is 0.0510. The number of hydrogen-bond donors (Lipinski definition) is 3. The van der Waals surface area contributed by atoms with Gasteiger partial charge in [-0.05, 0) is 20.8 Å². The Morgan fingerprint density at radius 1 is 1.50 bits per heavy atom. The van der Waals surface area contributed by atoms with Crippen molar-refractivity contribution in [2.24, 2.45) is 0 Å². The second-order valence-electron chi connectivity index (χ2n) is 3.44. The van der Waals surface area contributed by atoms with Crippen LogP contribution < -0.4 is 5.32 Å². The smallest absolute Gasteiger partial charge is 0.338 e. The minimum atomic E-state index is -1.10. The lowest BCUT2D eigenvalue weighted by atomic mass is 10.1. The number of aliphatic carboxylic acids is 1. The zero-order valence-corrected chi connectivity index (χ0v) is 7.51. The number of nitrogens with one attached hydrogen (secondary N) is 2. The maximum atomic E-state index is 10.4. The highest BCUT2D eigenvalue weighted by Crippen LogP contribution is 1.99. The van der Waals surface area contributed by atoms with Crippen molar-refractivity contribution in [1.82, 2.24) is 5.32 Å². The normalized spacial score (nSPS) is 12.4. The summed E-state index contributed by atoms with van der Waals surface area (Å²) in [7, 11) is 0. The van der Waals surface area contributed by atoms with E-state index in [-0.39, 0.29) is 11.1 Å². The Kier molecular flexibility index (Phi) is 3.47. The third kappa shape index (κ3) is 4.49. The molecule has 0 saturated heterocycles. The topological polar surface area (TPSA) is 73.2 Å². The molecule has 0 spiro atoms. The van der Waals surface area contributed by atoms with Gasteiger partial charge in [0.05, 0.1) is 5.57 Å². The van der Waals surface area contributed by atoms with Gasteiger partial charge in [0.1, 0.15) is 0 Å². The summed E-state index contributed by atoms with van der Waals surface area (Å²) in [4.78, 5) is 10.4. The van der Waals surface area contributed by atoms with Gasteiger partial charge in [0.2, 0.25) is 0 Å². The largest absolute Gasteiger partial charge is 0.478 e. The fourth-order valence-electron chi connectivity index (χ4n) is 0.459. The zero-order valence-electron chi connectivity index (χ0n) is 7.51. The molecule has 0 saturated carbocycles. The molecule has 0 aliphatic heterocycles. The molecule has 0 amide bonds. The maximum Gasteiger partial charge on any atom is 0.338 e. The quantitative estimate of drug-likeness (QED) is 0.437. The highest BCUT2D eigenvalue weighted by molar-refractivity contribution is 6.07. The molecule has 4 heteroatoms. The van der Waals surface area contributed by atoms with Crippen molar-refractivity contribution < 1.29 is 9.90 Å².